The van der Waals surface area contributed by atoms with Crippen molar-refractivity contribution >= 4 is 21.6 Å². The Morgan fingerprint density at radius 2 is 1.79 bits per heavy atom. The number of nitrogens with one attached hydrogen (secondary N) is 1. The summed E-state index contributed by atoms with van der Waals surface area (Å²) in [5, 5.41) is 2.89. The molecular weight excluding hydrogens is 392 g/mol. The zero-order chi connectivity index (χ0) is 21.8. The molecule has 8 heteroatoms. The summed E-state index contributed by atoms with van der Waals surface area (Å²) in [6.07, 6.45) is 1.05. The monoisotopic (exact) mass is 420 g/mol. The van der Waals surface area contributed by atoms with Gasteiger partial charge in [0.15, 0.2) is 0 Å². The van der Waals surface area contributed by atoms with Gasteiger partial charge in [-0.05, 0) is 44.0 Å². The van der Waals surface area contributed by atoms with Crippen LogP contribution in [0.3, 0.4) is 0 Å². The molecule has 2 aromatic rings. The Kier molecular flexibility index (Phi) is 7.13. The van der Waals surface area contributed by atoms with Crippen LogP contribution in [-0.2, 0) is 14.8 Å². The van der Waals surface area contributed by atoms with Crippen molar-refractivity contribution in [3.8, 4) is 11.5 Å². The molecule has 0 aliphatic carbocycles. The number of nitrogens with zero attached hydrogens (tertiary/aromatic N) is 1. The van der Waals surface area contributed by atoms with Crippen molar-refractivity contribution < 1.29 is 22.7 Å². The molecule has 0 fully saturated rings. The maximum atomic E-state index is 12.7. The van der Waals surface area contributed by atoms with Crippen LogP contribution in [0.4, 0.5) is 5.69 Å². The first-order chi connectivity index (χ1) is 13.6. The van der Waals surface area contributed by atoms with Gasteiger partial charge in [-0.15, -0.1) is 0 Å². The molecule has 1 N–H and O–H groups in total. The Balaban J connectivity index is 2.27. The van der Waals surface area contributed by atoms with Crippen molar-refractivity contribution in [2.75, 3.05) is 31.3 Å². The number of hydrogen-bond acceptors (Lipinski definition) is 5. The molecule has 2 rings (SSSR count). The Bertz CT molecular complexity index is 989. The average Bonchev–Trinajstić information content (AvgIpc) is 2.66. The van der Waals surface area contributed by atoms with E-state index in [-0.39, 0.29) is 18.3 Å². The molecule has 0 heterocycles. The molecule has 2 aromatic carbocycles. The SMILES string of the molecule is COc1ccc(N(CC(=O)N[C@@H](C)c2cc(C)ccc2C)S(C)(=O)=O)c(OC)c1. The van der Waals surface area contributed by atoms with Crippen LogP contribution < -0.4 is 19.1 Å². The molecule has 0 saturated carbocycles. The van der Waals surface area contributed by atoms with Crippen LogP contribution in [0.1, 0.15) is 29.7 Å². The van der Waals surface area contributed by atoms with Crippen molar-refractivity contribution in [1.82, 2.24) is 5.32 Å². The van der Waals surface area contributed by atoms with Gasteiger partial charge in [-0.25, -0.2) is 8.42 Å². The van der Waals surface area contributed by atoms with Gasteiger partial charge in [0, 0.05) is 6.07 Å². The first-order valence-corrected chi connectivity index (χ1v) is 11.0. The Hall–Kier alpha value is -2.74. The van der Waals surface area contributed by atoms with Gasteiger partial charge in [0.25, 0.3) is 0 Å². The van der Waals surface area contributed by atoms with Crippen molar-refractivity contribution in [3.05, 3.63) is 53.1 Å². The fraction of sp³-hybridized carbons (Fsp3) is 0.381. The van der Waals surface area contributed by atoms with Crippen molar-refractivity contribution in [3.63, 3.8) is 0 Å². The number of carbonyl (C=O) groups excluding carboxylic acids is 1. The molecule has 0 saturated heterocycles. The van der Waals surface area contributed by atoms with Crippen LogP contribution in [0.5, 0.6) is 11.5 Å². The summed E-state index contributed by atoms with van der Waals surface area (Å²) >= 11 is 0. The number of aryl methyl sites for hydroxylation is 2. The highest BCUT2D eigenvalue weighted by Gasteiger charge is 2.25. The van der Waals surface area contributed by atoms with Crippen molar-refractivity contribution in [2.45, 2.75) is 26.8 Å². The van der Waals surface area contributed by atoms with Gasteiger partial charge in [-0.3, -0.25) is 9.10 Å². The summed E-state index contributed by atoms with van der Waals surface area (Å²) in [7, 11) is -0.792. The lowest BCUT2D eigenvalue weighted by molar-refractivity contribution is -0.120. The van der Waals surface area contributed by atoms with Gasteiger partial charge >= 0.3 is 0 Å². The topological polar surface area (TPSA) is 84.9 Å². The van der Waals surface area contributed by atoms with Crippen LogP contribution in [0.15, 0.2) is 36.4 Å². The highest BCUT2D eigenvalue weighted by molar-refractivity contribution is 7.92. The van der Waals surface area contributed by atoms with Crippen molar-refractivity contribution in [2.24, 2.45) is 0 Å². The van der Waals surface area contributed by atoms with Gasteiger partial charge < -0.3 is 14.8 Å². The number of carbonyl (C=O) groups is 1. The third-order valence-electron chi connectivity index (χ3n) is 4.62. The predicted molar refractivity (Wildman–Crippen MR) is 114 cm³/mol. The second kappa shape index (κ2) is 9.17. The summed E-state index contributed by atoms with van der Waals surface area (Å²) in [6, 6.07) is 10.5. The standard InChI is InChI=1S/C21H28N2O5S/c1-14-7-8-15(2)18(11-14)16(3)22-21(24)13-23(29(6,25)26)19-10-9-17(27-4)12-20(19)28-5/h7-12,16H,13H2,1-6H3,(H,22,24)/t16-/m0/s1. The van der Waals surface area contributed by atoms with Crippen molar-refractivity contribution in [1.29, 1.82) is 0 Å². The van der Waals surface area contributed by atoms with E-state index in [9.17, 15) is 13.2 Å². The minimum absolute atomic E-state index is 0.262. The lowest BCUT2D eigenvalue weighted by atomic mass is 10.00. The fourth-order valence-corrected chi connectivity index (χ4v) is 3.95. The first kappa shape index (κ1) is 22.5. The molecule has 0 unspecified atom stereocenters. The lowest BCUT2D eigenvalue weighted by Gasteiger charge is -2.25. The smallest absolute Gasteiger partial charge is 0.241 e. The molecule has 0 bridgehead atoms. The first-order valence-electron chi connectivity index (χ1n) is 9.13. The molecule has 7 nitrogen and oxygen atoms in total. The third-order valence-corrected chi connectivity index (χ3v) is 5.75. The van der Waals surface area contributed by atoms with E-state index in [2.05, 4.69) is 5.32 Å². The number of methoxy groups -OCH3 is 2. The number of amides is 1. The quantitative estimate of drug-likeness (QED) is 0.710. The highest BCUT2D eigenvalue weighted by atomic mass is 32.2. The Labute approximate surface area is 172 Å². The highest BCUT2D eigenvalue weighted by Crippen LogP contribution is 2.33. The number of ether oxygens (including phenoxy) is 2. The van der Waals surface area contributed by atoms with E-state index in [1.807, 2.05) is 39.0 Å². The minimum atomic E-state index is -3.73. The Morgan fingerprint density at radius 1 is 1.10 bits per heavy atom. The summed E-state index contributed by atoms with van der Waals surface area (Å²) in [4.78, 5) is 12.7. The van der Waals surface area contributed by atoms with E-state index < -0.39 is 15.9 Å². The minimum Gasteiger partial charge on any atom is -0.497 e. The molecular formula is C21H28N2O5S. The number of anilines is 1. The lowest BCUT2D eigenvalue weighted by Crippen LogP contribution is -2.41. The molecule has 0 spiro atoms. The van der Waals surface area contributed by atoms with Crippen LogP contribution in [0.2, 0.25) is 0 Å². The molecule has 29 heavy (non-hydrogen) atoms. The Morgan fingerprint density at radius 3 is 2.38 bits per heavy atom. The van der Waals surface area contributed by atoms with Crippen LogP contribution >= 0.6 is 0 Å². The number of sulfonamides is 1. The maximum Gasteiger partial charge on any atom is 0.241 e. The molecule has 0 aliphatic heterocycles. The number of rotatable bonds is 8. The molecule has 0 aromatic heterocycles. The van der Waals surface area contributed by atoms with E-state index in [1.54, 1.807) is 18.2 Å². The molecule has 0 aliphatic rings. The number of benzene rings is 2. The summed E-state index contributed by atoms with van der Waals surface area (Å²) in [5.41, 5.74) is 3.41. The van der Waals surface area contributed by atoms with Gasteiger partial charge in [-0.2, -0.15) is 0 Å². The second-order valence-electron chi connectivity index (χ2n) is 6.96. The molecule has 1 atom stereocenters. The van der Waals surface area contributed by atoms with Gasteiger partial charge in [-0.1, -0.05) is 23.8 Å². The van der Waals surface area contributed by atoms with Crippen LogP contribution in [-0.4, -0.2) is 41.3 Å². The second-order valence-corrected chi connectivity index (χ2v) is 8.86. The number of hydrogen-bond donors (Lipinski definition) is 1. The average molecular weight is 421 g/mol. The zero-order valence-electron chi connectivity index (χ0n) is 17.6. The predicted octanol–water partition coefficient (Wildman–Crippen LogP) is 2.96. The molecule has 1 amide bonds. The van der Waals surface area contributed by atoms with E-state index in [4.69, 9.17) is 9.47 Å². The third kappa shape index (κ3) is 5.63. The van der Waals surface area contributed by atoms with E-state index in [0.717, 1.165) is 27.3 Å². The normalized spacial score (nSPS) is 12.2. The van der Waals surface area contributed by atoms with Crippen LogP contribution in [0.25, 0.3) is 0 Å². The van der Waals surface area contributed by atoms with Gasteiger partial charge in [0.2, 0.25) is 15.9 Å². The summed E-state index contributed by atoms with van der Waals surface area (Å²) in [6.45, 7) is 5.47. The summed E-state index contributed by atoms with van der Waals surface area (Å²) < 4.78 is 36.3. The zero-order valence-corrected chi connectivity index (χ0v) is 18.5. The van der Waals surface area contributed by atoms with Gasteiger partial charge in [0.1, 0.15) is 18.0 Å². The molecule has 0 radical (unpaired) electrons. The van der Waals surface area contributed by atoms with E-state index in [1.165, 1.54) is 14.2 Å². The fourth-order valence-electron chi connectivity index (χ4n) is 3.09. The van der Waals surface area contributed by atoms with E-state index in [0.29, 0.717) is 11.5 Å². The largest absolute Gasteiger partial charge is 0.497 e. The van der Waals surface area contributed by atoms with Gasteiger partial charge in [0.05, 0.1) is 32.2 Å². The maximum absolute atomic E-state index is 12.7. The molecule has 158 valence electrons. The van der Waals surface area contributed by atoms with E-state index >= 15 is 0 Å². The summed E-state index contributed by atoms with van der Waals surface area (Å²) in [5.74, 6) is 0.402. The van der Waals surface area contributed by atoms with Crippen LogP contribution in [0, 0.1) is 13.8 Å².